The lowest BCUT2D eigenvalue weighted by atomic mass is 10.2. The van der Waals surface area contributed by atoms with Crippen LogP contribution >= 0.6 is 15.8 Å². The fourth-order valence-corrected chi connectivity index (χ4v) is 12.2. The molecule has 0 rings (SSSR count). The van der Waals surface area contributed by atoms with Crippen molar-refractivity contribution in [2.45, 2.75) is 156 Å². The SMILES string of the molecule is CCCCCCCP(CCCCCCC)CP(CCCCCCC)CCCCCCC. The summed E-state index contributed by atoms with van der Waals surface area (Å²) >= 11 is 0. The van der Waals surface area contributed by atoms with Crippen molar-refractivity contribution in [1.82, 2.24) is 0 Å². The highest BCUT2D eigenvalue weighted by molar-refractivity contribution is 7.74. The maximum atomic E-state index is 2.34. The van der Waals surface area contributed by atoms with Crippen molar-refractivity contribution in [2.24, 2.45) is 0 Å². The molecule has 0 radical (unpaired) electrons. The quantitative estimate of drug-likeness (QED) is 0.0867. The summed E-state index contributed by atoms with van der Waals surface area (Å²) in [7, 11) is 0.664. The normalized spacial score (nSPS) is 11.8. The Morgan fingerprint density at radius 3 is 0.742 bits per heavy atom. The number of hydrogen-bond acceptors (Lipinski definition) is 0. The van der Waals surface area contributed by atoms with E-state index >= 15 is 0 Å². The van der Waals surface area contributed by atoms with Gasteiger partial charge < -0.3 is 0 Å². The van der Waals surface area contributed by atoms with Gasteiger partial charge in [0, 0.05) is 0 Å². The predicted molar refractivity (Wildman–Crippen MR) is 153 cm³/mol. The van der Waals surface area contributed by atoms with Crippen LogP contribution in [0.15, 0.2) is 0 Å². The van der Waals surface area contributed by atoms with E-state index in [9.17, 15) is 0 Å². The Kier molecular flexibility index (Phi) is 27.9. The Morgan fingerprint density at radius 1 is 0.290 bits per heavy atom. The van der Waals surface area contributed by atoms with Crippen molar-refractivity contribution >= 4 is 15.8 Å². The Morgan fingerprint density at radius 2 is 0.516 bits per heavy atom. The molecule has 0 aromatic rings. The Hall–Kier alpha value is 0.860. The van der Waals surface area contributed by atoms with Crippen LogP contribution in [0.2, 0.25) is 0 Å². The van der Waals surface area contributed by atoms with Crippen LogP contribution in [0.3, 0.4) is 0 Å². The Labute approximate surface area is 202 Å². The van der Waals surface area contributed by atoms with Gasteiger partial charge in [0.25, 0.3) is 0 Å². The number of rotatable bonds is 26. The molecule has 0 aliphatic rings. The molecule has 0 N–H and O–H groups in total. The molecular formula is C29H62P2. The summed E-state index contributed by atoms with van der Waals surface area (Å²) in [4.78, 5) is 0. The molecule has 0 aliphatic heterocycles. The van der Waals surface area contributed by atoms with Gasteiger partial charge in [-0.3, -0.25) is 0 Å². The van der Waals surface area contributed by atoms with E-state index in [1.54, 1.807) is 30.6 Å². The van der Waals surface area contributed by atoms with Crippen molar-refractivity contribution in [3.8, 4) is 0 Å². The summed E-state index contributed by atoms with van der Waals surface area (Å²) in [6.45, 7) is 9.38. The van der Waals surface area contributed by atoms with Gasteiger partial charge in [0.2, 0.25) is 0 Å². The first kappa shape index (κ1) is 31.9. The molecule has 0 aromatic carbocycles. The zero-order valence-electron chi connectivity index (χ0n) is 22.6. The van der Waals surface area contributed by atoms with Crippen molar-refractivity contribution in [3.05, 3.63) is 0 Å². The minimum atomic E-state index is 0.332. The van der Waals surface area contributed by atoms with E-state index in [-0.39, 0.29) is 0 Å². The minimum Gasteiger partial charge on any atom is -0.102 e. The van der Waals surface area contributed by atoms with E-state index in [4.69, 9.17) is 0 Å². The van der Waals surface area contributed by atoms with Gasteiger partial charge >= 0.3 is 0 Å². The standard InChI is InChI=1S/C29H62P2/c1-5-9-13-17-21-25-30(26-22-18-14-10-6-2)29-31(27-23-19-15-11-7-3)28-24-20-16-12-8-4/h5-29H2,1-4H3. The number of unbranched alkanes of at least 4 members (excludes halogenated alkanes) is 16. The fourth-order valence-electron chi connectivity index (χ4n) is 4.55. The first-order valence-electron chi connectivity index (χ1n) is 14.7. The monoisotopic (exact) mass is 472 g/mol. The van der Waals surface area contributed by atoms with Gasteiger partial charge in [0.15, 0.2) is 0 Å². The molecule has 0 aromatic heterocycles. The van der Waals surface area contributed by atoms with Crippen molar-refractivity contribution in [3.63, 3.8) is 0 Å². The molecule has 0 unspecified atom stereocenters. The van der Waals surface area contributed by atoms with Crippen LogP contribution in [-0.2, 0) is 0 Å². The molecule has 0 spiro atoms. The van der Waals surface area contributed by atoms with Crippen LogP contribution in [0.4, 0.5) is 0 Å². The Bertz CT molecular complexity index is 260. The number of hydrogen-bond donors (Lipinski definition) is 0. The molecule has 0 nitrogen and oxygen atoms in total. The molecule has 31 heavy (non-hydrogen) atoms. The zero-order chi connectivity index (χ0) is 22.8. The molecule has 2 heteroatoms. The molecule has 0 amide bonds. The maximum absolute atomic E-state index is 2.34. The average molecular weight is 473 g/mol. The molecule has 188 valence electrons. The summed E-state index contributed by atoms with van der Waals surface area (Å²) < 4.78 is 0. The average Bonchev–Trinajstić information content (AvgIpc) is 2.77. The van der Waals surface area contributed by atoms with E-state index in [0.29, 0.717) is 15.8 Å². The van der Waals surface area contributed by atoms with Crippen LogP contribution < -0.4 is 0 Å². The fraction of sp³-hybridized carbons (Fsp3) is 1.00. The molecule has 0 atom stereocenters. The highest BCUT2D eigenvalue weighted by Crippen LogP contribution is 2.53. The predicted octanol–water partition coefficient (Wildman–Crippen LogP) is 11.8. The highest BCUT2D eigenvalue weighted by Gasteiger charge is 2.15. The van der Waals surface area contributed by atoms with E-state index < -0.39 is 0 Å². The van der Waals surface area contributed by atoms with Gasteiger partial charge in [-0.15, -0.1) is 15.8 Å². The van der Waals surface area contributed by atoms with Crippen LogP contribution in [0.5, 0.6) is 0 Å². The van der Waals surface area contributed by atoms with E-state index in [2.05, 4.69) is 27.7 Å². The third kappa shape index (κ3) is 23.8. The minimum absolute atomic E-state index is 0.332. The van der Waals surface area contributed by atoms with Crippen LogP contribution in [0.25, 0.3) is 0 Å². The van der Waals surface area contributed by atoms with Crippen LogP contribution in [-0.4, -0.2) is 30.6 Å². The second-order valence-electron chi connectivity index (χ2n) is 10.0. The topological polar surface area (TPSA) is 0 Å². The lowest BCUT2D eigenvalue weighted by molar-refractivity contribution is 0.651. The zero-order valence-corrected chi connectivity index (χ0v) is 24.4. The summed E-state index contributed by atoms with van der Waals surface area (Å²) in [5, 5.41) is 0. The van der Waals surface area contributed by atoms with Gasteiger partial charge in [0.1, 0.15) is 0 Å². The highest BCUT2D eigenvalue weighted by atomic mass is 31.2. The largest absolute Gasteiger partial charge is 0.102 e. The van der Waals surface area contributed by atoms with Gasteiger partial charge in [0.05, 0.1) is 0 Å². The lowest BCUT2D eigenvalue weighted by Gasteiger charge is -2.25. The first-order chi connectivity index (χ1) is 15.3. The van der Waals surface area contributed by atoms with Crippen LogP contribution in [0.1, 0.15) is 156 Å². The molecule has 0 heterocycles. The summed E-state index contributed by atoms with van der Waals surface area (Å²) in [5.74, 6) is 1.69. The van der Waals surface area contributed by atoms with E-state index in [1.807, 2.05) is 0 Å². The molecule has 0 bridgehead atoms. The third-order valence-corrected chi connectivity index (χ3v) is 13.7. The maximum Gasteiger partial charge on any atom is -0.0120 e. The van der Waals surface area contributed by atoms with E-state index in [0.717, 1.165) is 0 Å². The van der Waals surface area contributed by atoms with Gasteiger partial charge in [-0.05, 0) is 56.2 Å². The molecule has 0 saturated heterocycles. The van der Waals surface area contributed by atoms with Crippen molar-refractivity contribution in [1.29, 1.82) is 0 Å². The third-order valence-electron chi connectivity index (χ3n) is 6.71. The van der Waals surface area contributed by atoms with Crippen LogP contribution in [0, 0.1) is 0 Å². The molecular weight excluding hydrogens is 410 g/mol. The first-order valence-corrected chi connectivity index (χ1v) is 18.5. The van der Waals surface area contributed by atoms with Gasteiger partial charge in [-0.1, -0.05) is 130 Å². The molecule has 0 saturated carbocycles. The van der Waals surface area contributed by atoms with E-state index in [1.165, 1.54) is 128 Å². The van der Waals surface area contributed by atoms with Gasteiger partial charge in [-0.2, -0.15) is 0 Å². The lowest BCUT2D eigenvalue weighted by Crippen LogP contribution is -2.01. The molecule has 0 aliphatic carbocycles. The molecule has 0 fully saturated rings. The van der Waals surface area contributed by atoms with Crippen molar-refractivity contribution in [2.75, 3.05) is 30.6 Å². The summed E-state index contributed by atoms with van der Waals surface area (Å²) in [6, 6.07) is 0. The Balaban J connectivity index is 4.51. The van der Waals surface area contributed by atoms with Gasteiger partial charge in [-0.25, -0.2) is 0 Å². The second kappa shape index (κ2) is 27.1. The smallest absolute Gasteiger partial charge is 0.0120 e. The second-order valence-corrected chi connectivity index (χ2v) is 15.6. The van der Waals surface area contributed by atoms with Crippen molar-refractivity contribution < 1.29 is 0 Å². The summed E-state index contributed by atoms with van der Waals surface area (Å²) in [6.07, 6.45) is 35.9. The summed E-state index contributed by atoms with van der Waals surface area (Å²) in [5.41, 5.74) is 0.